The van der Waals surface area contributed by atoms with Crippen LogP contribution in [0.2, 0.25) is 0 Å². The van der Waals surface area contributed by atoms with Crippen LogP contribution in [0, 0.1) is 0 Å². The molecule has 6 amide bonds. The molecule has 0 aliphatic rings. The molecule has 0 saturated heterocycles. The molecule has 180 valence electrons. The molecule has 0 aliphatic heterocycles. The van der Waals surface area contributed by atoms with Crippen LogP contribution in [0.1, 0.15) is 32.1 Å². The summed E-state index contributed by atoms with van der Waals surface area (Å²) in [5, 5.41) is 13.4. The van der Waals surface area contributed by atoms with Gasteiger partial charge in [0.15, 0.2) is 5.96 Å². The van der Waals surface area contributed by atoms with E-state index in [1.165, 1.54) is 0 Å². The molecule has 0 unspecified atom stereocenters. The third kappa shape index (κ3) is 17.6. The monoisotopic (exact) mass is 445 g/mol. The van der Waals surface area contributed by atoms with E-state index >= 15 is 0 Å². The zero-order valence-electron chi connectivity index (χ0n) is 18.0. The zero-order chi connectivity index (χ0) is 23.5. The van der Waals surface area contributed by atoms with Gasteiger partial charge in [-0.05, 0) is 32.2 Å². The molecular weight excluding hydrogens is 406 g/mol. The lowest BCUT2D eigenvalue weighted by Gasteiger charge is -2.22. The van der Waals surface area contributed by atoms with Crippen molar-refractivity contribution in [3.8, 4) is 0 Å². The maximum absolute atomic E-state index is 12.3. The van der Waals surface area contributed by atoms with Gasteiger partial charge in [0.25, 0.3) is 0 Å². The average Bonchev–Trinajstić information content (AvgIpc) is 2.71. The number of unbranched alkanes of at least 4 members (excludes halogenated alkanes) is 1. The first kappa shape index (κ1) is 28.0. The summed E-state index contributed by atoms with van der Waals surface area (Å²) in [4.78, 5) is 39.1. The number of nitrogens with two attached hydrogens (primary N) is 5. The number of guanidine groups is 1. The van der Waals surface area contributed by atoms with Gasteiger partial charge >= 0.3 is 18.1 Å². The number of hydrogen-bond acceptors (Lipinski definition) is 6. The highest BCUT2D eigenvalue weighted by Gasteiger charge is 2.16. The van der Waals surface area contributed by atoms with E-state index in [1.54, 1.807) is 0 Å². The number of carbonyl (C=O) groups is 3. The number of urea groups is 3. The number of aliphatic imine (C=N–C) groups is 1. The molecule has 0 heterocycles. The Bertz CT molecular complexity index is 555. The van der Waals surface area contributed by atoms with Crippen molar-refractivity contribution >= 4 is 24.1 Å². The minimum atomic E-state index is -0.693. The van der Waals surface area contributed by atoms with Crippen molar-refractivity contribution < 1.29 is 14.4 Å². The van der Waals surface area contributed by atoms with Gasteiger partial charge in [0.1, 0.15) is 0 Å². The number of nitrogens with zero attached hydrogens (tertiary/aromatic N) is 1. The van der Waals surface area contributed by atoms with Crippen molar-refractivity contribution in [2.75, 3.05) is 39.3 Å². The van der Waals surface area contributed by atoms with Crippen molar-refractivity contribution in [2.24, 2.45) is 33.7 Å². The Balaban J connectivity index is 4.57. The summed E-state index contributed by atoms with van der Waals surface area (Å²) in [5.41, 5.74) is 26.6. The number of amides is 6. The second-order valence-electron chi connectivity index (χ2n) is 6.92. The van der Waals surface area contributed by atoms with Gasteiger partial charge in [0.2, 0.25) is 0 Å². The van der Waals surface area contributed by atoms with Gasteiger partial charge in [-0.25, -0.2) is 14.4 Å². The van der Waals surface area contributed by atoms with Crippen molar-refractivity contribution in [1.29, 1.82) is 0 Å². The van der Waals surface area contributed by atoms with Gasteiger partial charge < -0.3 is 55.3 Å². The third-order valence-electron chi connectivity index (χ3n) is 4.14. The number of nitrogens with one attached hydrogen (secondary N) is 5. The molecular formula is C17H39N11O3. The Hall–Kier alpha value is -3.00. The number of rotatable bonds is 16. The molecule has 14 heteroatoms. The van der Waals surface area contributed by atoms with Crippen LogP contribution in [0.25, 0.3) is 0 Å². The van der Waals surface area contributed by atoms with E-state index in [0.29, 0.717) is 45.4 Å². The molecule has 0 aliphatic carbocycles. The zero-order valence-corrected chi connectivity index (χ0v) is 18.0. The molecule has 15 N–H and O–H groups in total. The first-order chi connectivity index (χ1) is 14.8. The molecule has 0 aromatic heterocycles. The van der Waals surface area contributed by atoms with Gasteiger partial charge in [0.05, 0.1) is 0 Å². The summed E-state index contributed by atoms with van der Waals surface area (Å²) >= 11 is 0. The van der Waals surface area contributed by atoms with Gasteiger partial charge in [-0.3, -0.25) is 4.99 Å². The molecule has 14 nitrogen and oxygen atoms in total. The van der Waals surface area contributed by atoms with Crippen molar-refractivity contribution in [2.45, 2.75) is 44.2 Å². The lowest BCUT2D eigenvalue weighted by molar-refractivity contribution is 0.228. The average molecular weight is 446 g/mol. The van der Waals surface area contributed by atoms with E-state index < -0.39 is 12.1 Å². The van der Waals surface area contributed by atoms with E-state index in [0.717, 1.165) is 12.8 Å². The van der Waals surface area contributed by atoms with Crippen LogP contribution in [0.15, 0.2) is 4.99 Å². The Kier molecular flexibility index (Phi) is 16.1. The normalized spacial score (nSPS) is 12.2. The van der Waals surface area contributed by atoms with Crippen LogP contribution in [-0.4, -0.2) is 75.4 Å². The number of hydrogen-bond donors (Lipinski definition) is 10. The van der Waals surface area contributed by atoms with E-state index in [9.17, 15) is 14.4 Å². The molecule has 0 fully saturated rings. The molecule has 31 heavy (non-hydrogen) atoms. The minimum Gasteiger partial charge on any atom is -0.370 e. The van der Waals surface area contributed by atoms with Gasteiger partial charge in [-0.15, -0.1) is 0 Å². The van der Waals surface area contributed by atoms with E-state index in [2.05, 4.69) is 31.6 Å². The number of carbonyl (C=O) groups excluding carboxylic acids is 3. The number of primary amides is 1. The molecule has 0 spiro atoms. The highest BCUT2D eigenvalue weighted by molar-refractivity contribution is 5.76. The van der Waals surface area contributed by atoms with Crippen molar-refractivity contribution in [3.05, 3.63) is 0 Å². The quantitative estimate of drug-likeness (QED) is 0.0674. The fourth-order valence-electron chi connectivity index (χ4n) is 2.65. The van der Waals surface area contributed by atoms with Crippen LogP contribution >= 0.6 is 0 Å². The molecule has 0 aromatic carbocycles. The Morgan fingerprint density at radius 1 is 0.742 bits per heavy atom. The summed E-state index contributed by atoms with van der Waals surface area (Å²) in [5.74, 6) is -0.0112. The molecule has 0 aromatic rings. The highest BCUT2D eigenvalue weighted by atomic mass is 16.2. The summed E-state index contributed by atoms with van der Waals surface area (Å²) in [6.07, 6.45) is 3.35. The summed E-state index contributed by atoms with van der Waals surface area (Å²) < 4.78 is 0. The van der Waals surface area contributed by atoms with E-state index in [-0.39, 0.29) is 37.2 Å². The summed E-state index contributed by atoms with van der Waals surface area (Å²) in [7, 11) is 0. The molecule has 0 saturated carbocycles. The van der Waals surface area contributed by atoms with Crippen LogP contribution in [0.5, 0.6) is 0 Å². The fourth-order valence-corrected chi connectivity index (χ4v) is 2.65. The summed E-state index contributed by atoms with van der Waals surface area (Å²) in [6.45, 7) is 2.04. The largest absolute Gasteiger partial charge is 0.370 e. The van der Waals surface area contributed by atoms with Crippen molar-refractivity contribution in [1.82, 2.24) is 26.6 Å². The lowest BCUT2D eigenvalue weighted by atomic mass is 10.1. The molecule has 2 atom stereocenters. The third-order valence-corrected chi connectivity index (χ3v) is 4.14. The topological polar surface area (TPSA) is 254 Å². The van der Waals surface area contributed by atoms with Gasteiger partial charge in [-0.2, -0.15) is 0 Å². The Morgan fingerprint density at radius 2 is 1.35 bits per heavy atom. The maximum Gasteiger partial charge on any atom is 0.315 e. The van der Waals surface area contributed by atoms with E-state index in [1.807, 2.05) is 0 Å². The fraction of sp³-hybridized carbons (Fsp3) is 0.765. The second-order valence-corrected chi connectivity index (χ2v) is 6.92. The van der Waals surface area contributed by atoms with Crippen LogP contribution in [0.3, 0.4) is 0 Å². The molecule has 0 bridgehead atoms. The first-order valence-corrected chi connectivity index (χ1v) is 10.4. The van der Waals surface area contributed by atoms with Crippen LogP contribution in [0.4, 0.5) is 14.4 Å². The predicted octanol–water partition coefficient (Wildman–Crippen LogP) is -2.87. The van der Waals surface area contributed by atoms with Gasteiger partial charge in [0, 0.05) is 44.8 Å². The van der Waals surface area contributed by atoms with E-state index in [4.69, 9.17) is 28.7 Å². The maximum atomic E-state index is 12.3. The Morgan fingerprint density at radius 3 is 1.94 bits per heavy atom. The van der Waals surface area contributed by atoms with Crippen LogP contribution in [-0.2, 0) is 0 Å². The Labute approximate surface area is 182 Å². The molecule has 0 rings (SSSR count). The molecule has 0 radical (unpaired) electrons. The van der Waals surface area contributed by atoms with Crippen molar-refractivity contribution in [3.63, 3.8) is 0 Å². The van der Waals surface area contributed by atoms with Gasteiger partial charge in [-0.1, -0.05) is 6.42 Å². The summed E-state index contributed by atoms with van der Waals surface area (Å²) in [6, 6.07) is -2.15. The lowest BCUT2D eigenvalue weighted by Crippen LogP contribution is -2.52. The van der Waals surface area contributed by atoms with Crippen LogP contribution < -0.4 is 55.3 Å². The highest BCUT2D eigenvalue weighted by Crippen LogP contribution is 2.01. The minimum absolute atomic E-state index is 0.0112. The standard InChI is InChI=1S/C17H39N11O3/c18-6-2-1-4-13(11-25-16(30)24-9-7-19)28-17(31)26-10-12(27-15(22)29)5-3-8-23-14(20)21/h12-13H,1-11,18-19H2,(H4,20,21,23)(H3,22,27,29)(H2,24,25,30)(H2,26,28,31)/t12-,13-/m0/s1. The SMILES string of the molecule is NCCCC[C@@H](CNC(=O)NCCN)NC(=O)NC[C@H](CCCN=C(N)N)NC(N)=O. The smallest absolute Gasteiger partial charge is 0.315 e. The first-order valence-electron chi connectivity index (χ1n) is 10.4. The second kappa shape index (κ2) is 17.8. The predicted molar refractivity (Wildman–Crippen MR) is 120 cm³/mol.